The Balaban J connectivity index is 1.66. The van der Waals surface area contributed by atoms with Crippen molar-refractivity contribution in [1.29, 1.82) is 5.26 Å². The Kier molecular flexibility index (Phi) is 9.56. The minimum absolute atomic E-state index is 0.101. The highest BCUT2D eigenvalue weighted by Crippen LogP contribution is 2.42. The molecule has 0 saturated carbocycles. The average Bonchev–Trinajstić information content (AvgIpc) is 3.47. The number of aryl methyl sites for hydroxylation is 2. The summed E-state index contributed by atoms with van der Waals surface area (Å²) in [4.78, 5) is 47.0. The second kappa shape index (κ2) is 13.7. The highest BCUT2D eigenvalue weighted by atomic mass is 32.1. The van der Waals surface area contributed by atoms with E-state index in [0.717, 1.165) is 22.4 Å². The topological polar surface area (TPSA) is 90.7 Å². The molecule has 2 unspecified atom stereocenters. The molecule has 7 nitrogen and oxygen atoms in total. The highest BCUT2D eigenvalue weighted by Gasteiger charge is 2.45. The fraction of sp³-hybridized carbons (Fsp3) is 0.278. The van der Waals surface area contributed by atoms with E-state index >= 15 is 0 Å². The molecular weight excluding hydrogens is 570 g/mol. The molecular formula is C36H35N3O4S. The van der Waals surface area contributed by atoms with Crippen LogP contribution in [0.4, 0.5) is 5.69 Å². The lowest BCUT2D eigenvalue weighted by Crippen LogP contribution is -2.46. The predicted octanol–water partition coefficient (Wildman–Crippen LogP) is 7.04. The van der Waals surface area contributed by atoms with E-state index in [1.54, 1.807) is 28.1 Å². The van der Waals surface area contributed by atoms with E-state index in [4.69, 9.17) is 4.74 Å². The summed E-state index contributed by atoms with van der Waals surface area (Å²) in [5.41, 5.74) is 3.96. The van der Waals surface area contributed by atoms with Gasteiger partial charge in [-0.15, -0.1) is 11.3 Å². The third kappa shape index (κ3) is 6.43. The fourth-order valence-corrected chi connectivity index (χ4v) is 6.62. The van der Waals surface area contributed by atoms with Crippen LogP contribution in [0.15, 0.2) is 90.3 Å². The summed E-state index contributed by atoms with van der Waals surface area (Å²) in [6.45, 7) is 5.84. The van der Waals surface area contributed by atoms with Gasteiger partial charge in [-0.25, -0.2) is 0 Å². The van der Waals surface area contributed by atoms with Crippen LogP contribution in [-0.4, -0.2) is 35.3 Å². The molecule has 0 saturated heterocycles. The Morgan fingerprint density at radius 1 is 0.977 bits per heavy atom. The molecule has 8 heteroatoms. The Morgan fingerprint density at radius 3 is 2.32 bits per heavy atom. The van der Waals surface area contributed by atoms with Gasteiger partial charge in [-0.2, -0.15) is 5.26 Å². The Labute approximate surface area is 262 Å². The number of benzene rings is 3. The normalized spacial score (nSPS) is 15.5. The smallest absolute Gasteiger partial charge is 0.308 e. The molecule has 2 atom stereocenters. The zero-order valence-electron chi connectivity index (χ0n) is 25.1. The second-order valence-corrected chi connectivity index (χ2v) is 12.0. The highest BCUT2D eigenvalue weighted by molar-refractivity contribution is 7.10. The minimum Gasteiger partial charge on any atom is -0.466 e. The zero-order chi connectivity index (χ0) is 31.2. The fourth-order valence-electron chi connectivity index (χ4n) is 5.81. The molecule has 2 amide bonds. The van der Waals surface area contributed by atoms with Crippen LogP contribution in [0.25, 0.3) is 0 Å². The molecule has 0 fully saturated rings. The number of rotatable bonds is 10. The third-order valence-electron chi connectivity index (χ3n) is 7.80. The molecule has 5 rings (SSSR count). The van der Waals surface area contributed by atoms with Gasteiger partial charge in [-0.1, -0.05) is 66.7 Å². The number of ether oxygens (including phenoxy) is 1. The van der Waals surface area contributed by atoms with Crippen LogP contribution < -0.4 is 4.90 Å². The third-order valence-corrected chi connectivity index (χ3v) is 8.79. The zero-order valence-corrected chi connectivity index (χ0v) is 25.9. The average molecular weight is 606 g/mol. The van der Waals surface area contributed by atoms with Crippen LogP contribution in [0.1, 0.15) is 76.8 Å². The van der Waals surface area contributed by atoms with Gasteiger partial charge in [0, 0.05) is 16.3 Å². The van der Waals surface area contributed by atoms with Crippen LogP contribution >= 0.6 is 11.3 Å². The first-order chi connectivity index (χ1) is 21.3. The molecule has 0 bridgehead atoms. The van der Waals surface area contributed by atoms with Crippen LogP contribution in [-0.2, 0) is 27.2 Å². The molecule has 44 heavy (non-hydrogen) atoms. The van der Waals surface area contributed by atoms with Crippen molar-refractivity contribution in [1.82, 2.24) is 4.90 Å². The van der Waals surface area contributed by atoms with Gasteiger partial charge in [0.25, 0.3) is 11.8 Å². The standard InChI is InChI=1S/C36H35N3O4S/c1-4-43-33(40)21-32(27-11-7-5-8-12-27)39-34(28-13-9-6-10-14-28)36(42)38(24(2)3)31-18-16-25(20-30(31)35(39)41)15-17-29-19-26(22-37)23-44-29/h5-14,16,18-20,23-24,32,34H,4,15,17,21H2,1-3H3. The number of hydrogen-bond acceptors (Lipinski definition) is 6. The molecule has 4 aromatic rings. The van der Waals surface area contributed by atoms with Crippen molar-refractivity contribution >= 4 is 34.8 Å². The number of fused-ring (bicyclic) bond motifs is 1. The van der Waals surface area contributed by atoms with Crippen LogP contribution in [0.3, 0.4) is 0 Å². The van der Waals surface area contributed by atoms with E-state index in [9.17, 15) is 19.6 Å². The first-order valence-electron chi connectivity index (χ1n) is 14.8. The predicted molar refractivity (Wildman–Crippen MR) is 171 cm³/mol. The quantitative estimate of drug-likeness (QED) is 0.181. The van der Waals surface area contributed by atoms with E-state index in [1.165, 1.54) is 0 Å². The van der Waals surface area contributed by atoms with Gasteiger partial charge in [-0.3, -0.25) is 14.4 Å². The van der Waals surface area contributed by atoms with Gasteiger partial charge in [0.05, 0.1) is 42.0 Å². The number of esters is 1. The van der Waals surface area contributed by atoms with Crippen molar-refractivity contribution in [2.24, 2.45) is 0 Å². The summed E-state index contributed by atoms with van der Waals surface area (Å²) < 4.78 is 5.36. The van der Waals surface area contributed by atoms with Gasteiger partial charge < -0.3 is 14.5 Å². The SMILES string of the molecule is CCOC(=O)CC(c1ccccc1)N1C(=O)c2cc(CCc3cc(C#N)cs3)ccc2N(C(C)C)C(=O)C1c1ccccc1. The molecule has 1 aromatic heterocycles. The number of anilines is 1. The first-order valence-corrected chi connectivity index (χ1v) is 15.7. The van der Waals surface area contributed by atoms with Crippen molar-refractivity contribution in [3.05, 3.63) is 123 Å². The summed E-state index contributed by atoms with van der Waals surface area (Å²) in [7, 11) is 0. The largest absolute Gasteiger partial charge is 0.466 e. The molecule has 2 heterocycles. The van der Waals surface area contributed by atoms with E-state index in [0.29, 0.717) is 28.8 Å². The number of nitrogens with zero attached hydrogens (tertiary/aromatic N) is 3. The summed E-state index contributed by atoms with van der Waals surface area (Å²) in [5.74, 6) is -1.01. The van der Waals surface area contributed by atoms with Gasteiger partial charge in [0.1, 0.15) is 6.04 Å². The number of carbonyl (C=O) groups is 3. The number of amides is 2. The summed E-state index contributed by atoms with van der Waals surface area (Å²) in [6, 6.07) is 26.5. The summed E-state index contributed by atoms with van der Waals surface area (Å²) >= 11 is 1.55. The minimum atomic E-state index is -0.975. The van der Waals surface area contributed by atoms with Gasteiger partial charge in [0.2, 0.25) is 0 Å². The van der Waals surface area contributed by atoms with Crippen molar-refractivity contribution in [2.45, 2.75) is 58.2 Å². The van der Waals surface area contributed by atoms with Gasteiger partial charge >= 0.3 is 5.97 Å². The lowest BCUT2D eigenvalue weighted by Gasteiger charge is -2.37. The maximum Gasteiger partial charge on any atom is 0.308 e. The molecule has 0 aliphatic carbocycles. The second-order valence-electron chi connectivity index (χ2n) is 11.0. The van der Waals surface area contributed by atoms with E-state index < -0.39 is 18.1 Å². The van der Waals surface area contributed by atoms with Crippen LogP contribution in [0.5, 0.6) is 0 Å². The maximum absolute atomic E-state index is 14.9. The van der Waals surface area contributed by atoms with Crippen LogP contribution in [0, 0.1) is 11.3 Å². The van der Waals surface area contributed by atoms with E-state index in [-0.39, 0.29) is 30.9 Å². The molecule has 224 valence electrons. The van der Waals surface area contributed by atoms with E-state index in [1.807, 2.05) is 104 Å². The van der Waals surface area contributed by atoms with Crippen molar-refractivity contribution in [3.63, 3.8) is 0 Å². The first kappa shape index (κ1) is 30.7. The molecule has 0 radical (unpaired) electrons. The lowest BCUT2D eigenvalue weighted by atomic mass is 9.95. The Morgan fingerprint density at radius 2 is 1.68 bits per heavy atom. The van der Waals surface area contributed by atoms with Gasteiger partial charge in [0.15, 0.2) is 0 Å². The Bertz CT molecular complexity index is 1680. The maximum atomic E-state index is 14.9. The summed E-state index contributed by atoms with van der Waals surface area (Å²) in [6.07, 6.45) is 1.28. The van der Waals surface area contributed by atoms with Gasteiger partial charge in [-0.05, 0) is 68.5 Å². The molecule has 1 aliphatic rings. The van der Waals surface area contributed by atoms with Crippen LogP contribution in [0.2, 0.25) is 0 Å². The monoisotopic (exact) mass is 605 g/mol. The number of carbonyl (C=O) groups excluding carboxylic acids is 3. The lowest BCUT2D eigenvalue weighted by molar-refractivity contribution is -0.145. The van der Waals surface area contributed by atoms with E-state index in [2.05, 4.69) is 6.07 Å². The summed E-state index contributed by atoms with van der Waals surface area (Å²) in [5, 5.41) is 11.1. The Hall–Kier alpha value is -4.74. The van der Waals surface area contributed by atoms with Crippen molar-refractivity contribution in [2.75, 3.05) is 11.5 Å². The number of thiophene rings is 1. The number of hydrogen-bond donors (Lipinski definition) is 0. The van der Waals surface area contributed by atoms with Crippen molar-refractivity contribution < 1.29 is 19.1 Å². The van der Waals surface area contributed by atoms with Crippen molar-refractivity contribution in [3.8, 4) is 6.07 Å². The number of nitriles is 1. The molecule has 0 N–H and O–H groups in total. The molecule has 0 spiro atoms. The molecule has 1 aliphatic heterocycles. The molecule has 3 aromatic carbocycles.